The predicted molar refractivity (Wildman–Crippen MR) is 112 cm³/mol. The van der Waals surface area contributed by atoms with Crippen LogP contribution in [0.1, 0.15) is 32.6 Å². The lowest BCUT2D eigenvalue weighted by Crippen LogP contribution is -2.45. The van der Waals surface area contributed by atoms with Crippen LogP contribution in [-0.4, -0.2) is 51.3 Å². The molecule has 0 amide bonds. The number of halogens is 1. The SMILES string of the molecule is CCNC(=NCCNS(=O)(=O)c1cccs1)NC1CCC(O)CC1.I. The molecule has 144 valence electrons. The Hall–Kier alpha value is -0.430. The van der Waals surface area contributed by atoms with Crippen molar-refractivity contribution in [3.63, 3.8) is 0 Å². The monoisotopic (exact) mass is 502 g/mol. The molecule has 0 bridgehead atoms. The third-order valence-electron chi connectivity index (χ3n) is 3.82. The summed E-state index contributed by atoms with van der Waals surface area (Å²) in [6, 6.07) is 3.60. The van der Waals surface area contributed by atoms with E-state index >= 15 is 0 Å². The van der Waals surface area contributed by atoms with E-state index in [1.807, 2.05) is 6.92 Å². The Morgan fingerprint density at radius 2 is 2.08 bits per heavy atom. The van der Waals surface area contributed by atoms with E-state index < -0.39 is 10.0 Å². The molecule has 1 aliphatic carbocycles. The van der Waals surface area contributed by atoms with E-state index in [1.54, 1.807) is 17.5 Å². The van der Waals surface area contributed by atoms with E-state index in [4.69, 9.17) is 0 Å². The Labute approximate surface area is 170 Å². The number of hydrogen-bond acceptors (Lipinski definition) is 5. The van der Waals surface area contributed by atoms with Crippen molar-refractivity contribution in [1.82, 2.24) is 15.4 Å². The lowest BCUT2D eigenvalue weighted by molar-refractivity contribution is 0.120. The Balaban J connectivity index is 0.00000312. The summed E-state index contributed by atoms with van der Waals surface area (Å²) in [5, 5.41) is 17.8. The van der Waals surface area contributed by atoms with Crippen molar-refractivity contribution in [2.45, 2.75) is 49.0 Å². The molecular weight excluding hydrogens is 475 g/mol. The van der Waals surface area contributed by atoms with Gasteiger partial charge in [0.2, 0.25) is 10.0 Å². The Morgan fingerprint density at radius 3 is 2.68 bits per heavy atom. The topological polar surface area (TPSA) is 103 Å². The summed E-state index contributed by atoms with van der Waals surface area (Å²) >= 11 is 1.19. The summed E-state index contributed by atoms with van der Waals surface area (Å²) in [6.07, 6.45) is 3.25. The zero-order chi connectivity index (χ0) is 17.4. The zero-order valence-corrected chi connectivity index (χ0v) is 18.2. The second-order valence-corrected chi connectivity index (χ2v) is 8.68. The third-order valence-corrected chi connectivity index (χ3v) is 6.67. The molecule has 1 aromatic rings. The number of guanidine groups is 1. The Bertz CT molecular complexity index is 615. The molecule has 2 rings (SSSR count). The summed E-state index contributed by atoms with van der Waals surface area (Å²) < 4.78 is 26.9. The number of rotatable bonds is 7. The van der Waals surface area contributed by atoms with E-state index in [9.17, 15) is 13.5 Å². The summed E-state index contributed by atoms with van der Waals surface area (Å²) in [7, 11) is -3.43. The molecule has 0 aromatic carbocycles. The maximum Gasteiger partial charge on any atom is 0.250 e. The smallest absolute Gasteiger partial charge is 0.250 e. The highest BCUT2D eigenvalue weighted by molar-refractivity contribution is 14.0. The van der Waals surface area contributed by atoms with Crippen LogP contribution in [0.15, 0.2) is 26.7 Å². The fourth-order valence-electron chi connectivity index (χ4n) is 2.57. The molecule has 10 heteroatoms. The number of aliphatic imine (C=N–C) groups is 1. The van der Waals surface area contributed by atoms with Gasteiger partial charge in [-0.25, -0.2) is 13.1 Å². The molecule has 0 radical (unpaired) electrons. The normalized spacial score (nSPS) is 21.4. The van der Waals surface area contributed by atoms with Crippen LogP contribution in [0.25, 0.3) is 0 Å². The van der Waals surface area contributed by atoms with Gasteiger partial charge in [-0.1, -0.05) is 6.07 Å². The molecule has 25 heavy (non-hydrogen) atoms. The molecule has 0 saturated heterocycles. The van der Waals surface area contributed by atoms with Gasteiger partial charge in [-0.15, -0.1) is 35.3 Å². The first-order chi connectivity index (χ1) is 11.5. The minimum absolute atomic E-state index is 0. The molecule has 4 N–H and O–H groups in total. The molecular formula is C15H27IN4O3S2. The number of thiophene rings is 1. The van der Waals surface area contributed by atoms with Crippen molar-refractivity contribution in [2.24, 2.45) is 4.99 Å². The van der Waals surface area contributed by atoms with Crippen LogP contribution in [0.4, 0.5) is 0 Å². The number of aliphatic hydroxyl groups excluding tert-OH is 1. The highest BCUT2D eigenvalue weighted by atomic mass is 127. The van der Waals surface area contributed by atoms with Gasteiger partial charge in [0, 0.05) is 19.1 Å². The summed E-state index contributed by atoms with van der Waals surface area (Å²) in [4.78, 5) is 4.42. The van der Waals surface area contributed by atoms with E-state index in [0.717, 1.165) is 32.2 Å². The van der Waals surface area contributed by atoms with Crippen LogP contribution < -0.4 is 15.4 Å². The zero-order valence-electron chi connectivity index (χ0n) is 14.3. The van der Waals surface area contributed by atoms with E-state index in [0.29, 0.717) is 22.8 Å². The average molecular weight is 502 g/mol. The highest BCUT2D eigenvalue weighted by Gasteiger charge is 2.20. The van der Waals surface area contributed by atoms with Crippen LogP contribution in [0.2, 0.25) is 0 Å². The maximum absolute atomic E-state index is 12.0. The number of aliphatic hydroxyl groups is 1. The van der Waals surface area contributed by atoms with Gasteiger partial charge in [0.25, 0.3) is 0 Å². The number of nitrogens with one attached hydrogen (secondary N) is 3. The summed E-state index contributed by atoms with van der Waals surface area (Å²) in [5.41, 5.74) is 0. The van der Waals surface area contributed by atoms with Gasteiger partial charge in [-0.2, -0.15) is 0 Å². The fourth-order valence-corrected chi connectivity index (χ4v) is 4.63. The van der Waals surface area contributed by atoms with Gasteiger partial charge in [0.05, 0.1) is 12.6 Å². The number of sulfonamides is 1. The standard InChI is InChI=1S/C15H26N4O3S2.HI/c1-2-16-15(19-12-5-7-13(20)8-6-12)17-9-10-18-24(21,22)14-4-3-11-23-14;/h3-4,11-13,18,20H,2,5-10H2,1H3,(H2,16,17,19);1H. The van der Waals surface area contributed by atoms with Crippen LogP contribution in [0, 0.1) is 0 Å². The van der Waals surface area contributed by atoms with E-state index in [2.05, 4.69) is 20.3 Å². The molecule has 1 aliphatic rings. The third kappa shape index (κ3) is 7.77. The maximum atomic E-state index is 12.0. The highest BCUT2D eigenvalue weighted by Crippen LogP contribution is 2.18. The lowest BCUT2D eigenvalue weighted by atomic mass is 9.93. The van der Waals surface area contributed by atoms with Gasteiger partial charge in [0.15, 0.2) is 5.96 Å². The second-order valence-electron chi connectivity index (χ2n) is 5.74. The van der Waals surface area contributed by atoms with Gasteiger partial charge in [-0.05, 0) is 44.1 Å². The van der Waals surface area contributed by atoms with Crippen molar-refractivity contribution in [1.29, 1.82) is 0 Å². The van der Waals surface area contributed by atoms with Crippen molar-refractivity contribution >= 4 is 51.3 Å². The second kappa shape index (κ2) is 11.3. The average Bonchev–Trinajstić information content (AvgIpc) is 3.09. The first-order valence-electron chi connectivity index (χ1n) is 8.27. The van der Waals surface area contributed by atoms with E-state index in [-0.39, 0.29) is 36.6 Å². The van der Waals surface area contributed by atoms with Crippen molar-refractivity contribution < 1.29 is 13.5 Å². The molecule has 0 spiro atoms. The van der Waals surface area contributed by atoms with Gasteiger partial charge in [-0.3, -0.25) is 4.99 Å². The fraction of sp³-hybridized carbons (Fsp3) is 0.667. The quantitative estimate of drug-likeness (QED) is 0.196. The predicted octanol–water partition coefficient (Wildman–Crippen LogP) is 1.50. The molecule has 0 atom stereocenters. The Kier molecular flexibility index (Phi) is 10.2. The van der Waals surface area contributed by atoms with Crippen molar-refractivity contribution in [3.8, 4) is 0 Å². The summed E-state index contributed by atoms with van der Waals surface area (Å²) in [5.74, 6) is 0.689. The van der Waals surface area contributed by atoms with Crippen molar-refractivity contribution in [2.75, 3.05) is 19.6 Å². The molecule has 7 nitrogen and oxygen atoms in total. The van der Waals surface area contributed by atoms with Crippen molar-refractivity contribution in [3.05, 3.63) is 17.5 Å². The Morgan fingerprint density at radius 1 is 1.36 bits per heavy atom. The first-order valence-corrected chi connectivity index (χ1v) is 10.6. The minimum Gasteiger partial charge on any atom is -0.393 e. The number of hydrogen-bond donors (Lipinski definition) is 4. The van der Waals surface area contributed by atoms with Gasteiger partial charge >= 0.3 is 0 Å². The molecule has 0 aliphatic heterocycles. The largest absolute Gasteiger partial charge is 0.393 e. The van der Waals surface area contributed by atoms with Gasteiger partial charge in [0.1, 0.15) is 4.21 Å². The molecule has 1 fully saturated rings. The van der Waals surface area contributed by atoms with Crippen LogP contribution in [0.3, 0.4) is 0 Å². The number of nitrogens with zero attached hydrogens (tertiary/aromatic N) is 1. The first kappa shape index (κ1) is 22.6. The van der Waals surface area contributed by atoms with Crippen LogP contribution in [0.5, 0.6) is 0 Å². The molecule has 1 saturated carbocycles. The lowest BCUT2D eigenvalue weighted by Gasteiger charge is -2.27. The molecule has 1 heterocycles. The minimum atomic E-state index is -3.43. The molecule has 0 unspecified atom stereocenters. The van der Waals surface area contributed by atoms with Crippen LogP contribution in [-0.2, 0) is 10.0 Å². The summed E-state index contributed by atoms with van der Waals surface area (Å²) in [6.45, 7) is 3.33. The van der Waals surface area contributed by atoms with Crippen LogP contribution >= 0.6 is 35.3 Å². The van der Waals surface area contributed by atoms with E-state index in [1.165, 1.54) is 11.3 Å². The van der Waals surface area contributed by atoms with Gasteiger partial charge < -0.3 is 15.7 Å². The molecule has 1 aromatic heterocycles.